The van der Waals surface area contributed by atoms with Crippen molar-refractivity contribution in [3.63, 3.8) is 0 Å². The van der Waals surface area contributed by atoms with Crippen LogP contribution >= 0.6 is 0 Å². The predicted octanol–water partition coefficient (Wildman–Crippen LogP) is 1.30. The normalized spacial score (nSPS) is 12.5. The summed E-state index contributed by atoms with van der Waals surface area (Å²) in [7, 11) is -9.32. The predicted molar refractivity (Wildman–Crippen MR) is 68.9 cm³/mol. The molecular formula is C10H9NO6S2. The van der Waals surface area contributed by atoms with E-state index >= 15 is 0 Å². The average Bonchev–Trinajstić information content (AvgIpc) is 2.24. The highest BCUT2D eigenvalue weighted by molar-refractivity contribution is 7.88. The molecule has 0 aromatic heterocycles. The van der Waals surface area contributed by atoms with Crippen LogP contribution in [0.5, 0.6) is 0 Å². The molecule has 0 atom stereocenters. The summed E-state index contributed by atoms with van der Waals surface area (Å²) in [6.07, 6.45) is 0. The van der Waals surface area contributed by atoms with Crippen LogP contribution in [0.3, 0.4) is 0 Å². The molecule has 102 valence electrons. The summed E-state index contributed by atoms with van der Waals surface area (Å²) in [5.74, 6) is 0. The average molecular weight is 303 g/mol. The first-order valence-corrected chi connectivity index (χ1v) is 7.81. The zero-order valence-electron chi connectivity index (χ0n) is 9.31. The third-order valence-corrected chi connectivity index (χ3v) is 3.81. The maximum atomic E-state index is 11.4. The Morgan fingerprint density at radius 3 is 2.11 bits per heavy atom. The Balaban J connectivity index is 2.86. The molecule has 0 aliphatic carbocycles. The zero-order valence-corrected chi connectivity index (χ0v) is 10.9. The van der Waals surface area contributed by atoms with E-state index in [0.29, 0.717) is 5.39 Å². The monoisotopic (exact) mass is 303 g/mol. The van der Waals surface area contributed by atoms with Gasteiger partial charge >= 0.3 is 10.3 Å². The molecule has 2 aromatic carbocycles. The van der Waals surface area contributed by atoms with E-state index in [4.69, 9.17) is 4.55 Å². The van der Waals surface area contributed by atoms with Gasteiger partial charge in [-0.25, -0.2) is 0 Å². The van der Waals surface area contributed by atoms with Crippen LogP contribution in [0.25, 0.3) is 10.8 Å². The summed E-state index contributed by atoms with van der Waals surface area (Å²) in [5.41, 5.74) is -0.427. The van der Waals surface area contributed by atoms with Gasteiger partial charge in [-0.15, -0.1) is 0 Å². The second-order valence-electron chi connectivity index (χ2n) is 3.72. The standard InChI is InChI=1S/C10H9NO6S2/c12-18(13,14)10-8-4-2-1-3-7(8)5-6-9(10)11-19(15,16)17/h1-6,11H,(H,12,13,14)(H,15,16,17). The third kappa shape index (κ3) is 3.01. The molecule has 0 spiro atoms. The molecule has 0 heterocycles. The summed E-state index contributed by atoms with van der Waals surface area (Å²) in [6, 6.07) is 8.80. The van der Waals surface area contributed by atoms with Crippen molar-refractivity contribution in [1.29, 1.82) is 0 Å². The molecule has 0 fully saturated rings. The zero-order chi connectivity index (χ0) is 14.3. The molecule has 0 aliphatic rings. The van der Waals surface area contributed by atoms with Gasteiger partial charge < -0.3 is 0 Å². The largest absolute Gasteiger partial charge is 0.357 e. The van der Waals surface area contributed by atoms with Gasteiger partial charge in [-0.1, -0.05) is 30.3 Å². The second-order valence-corrected chi connectivity index (χ2v) is 6.23. The number of anilines is 1. The Kier molecular flexibility index (Phi) is 3.22. The lowest BCUT2D eigenvalue weighted by Crippen LogP contribution is -2.14. The first kappa shape index (κ1) is 13.7. The molecule has 2 rings (SSSR count). The minimum atomic E-state index is -4.67. The summed E-state index contributed by atoms with van der Waals surface area (Å²) >= 11 is 0. The maximum absolute atomic E-state index is 11.4. The lowest BCUT2D eigenvalue weighted by atomic mass is 10.1. The van der Waals surface area contributed by atoms with Gasteiger partial charge in [0.15, 0.2) is 0 Å². The summed E-state index contributed by atoms with van der Waals surface area (Å²) in [4.78, 5) is -0.608. The van der Waals surface area contributed by atoms with Crippen LogP contribution in [0.2, 0.25) is 0 Å². The van der Waals surface area contributed by atoms with Crippen LogP contribution in [-0.4, -0.2) is 25.9 Å². The smallest absolute Gasteiger partial charge is 0.282 e. The number of fused-ring (bicyclic) bond motifs is 1. The fourth-order valence-electron chi connectivity index (χ4n) is 1.74. The van der Waals surface area contributed by atoms with Gasteiger partial charge in [0, 0.05) is 5.39 Å². The van der Waals surface area contributed by atoms with Crippen LogP contribution in [0.4, 0.5) is 5.69 Å². The molecular weight excluding hydrogens is 294 g/mol. The van der Waals surface area contributed by atoms with Gasteiger partial charge in [0.2, 0.25) is 0 Å². The van der Waals surface area contributed by atoms with E-state index in [2.05, 4.69) is 0 Å². The Morgan fingerprint density at radius 1 is 0.895 bits per heavy atom. The highest BCUT2D eigenvalue weighted by atomic mass is 32.2. The van der Waals surface area contributed by atoms with Gasteiger partial charge in [0.25, 0.3) is 10.1 Å². The molecule has 0 radical (unpaired) electrons. The topological polar surface area (TPSA) is 121 Å². The first-order valence-electron chi connectivity index (χ1n) is 4.93. The summed E-state index contributed by atoms with van der Waals surface area (Å²) in [6.45, 7) is 0. The lowest BCUT2D eigenvalue weighted by molar-refractivity contribution is 0.484. The van der Waals surface area contributed by atoms with Crippen molar-refractivity contribution in [3.8, 4) is 0 Å². The molecule has 0 aliphatic heterocycles. The van der Waals surface area contributed by atoms with Crippen LogP contribution in [-0.2, 0) is 20.4 Å². The highest BCUT2D eigenvalue weighted by Crippen LogP contribution is 2.30. The number of rotatable bonds is 3. The quantitative estimate of drug-likeness (QED) is 0.735. The van der Waals surface area contributed by atoms with Crippen molar-refractivity contribution < 1.29 is 25.9 Å². The van der Waals surface area contributed by atoms with Crippen molar-refractivity contribution in [2.75, 3.05) is 4.72 Å². The Labute approximate surface area is 109 Å². The van der Waals surface area contributed by atoms with Gasteiger partial charge in [-0.2, -0.15) is 16.8 Å². The molecule has 0 saturated heterocycles. The van der Waals surface area contributed by atoms with Gasteiger partial charge in [0.05, 0.1) is 5.69 Å². The number of hydrogen-bond acceptors (Lipinski definition) is 4. The molecule has 0 bridgehead atoms. The van der Waals surface area contributed by atoms with E-state index in [1.165, 1.54) is 18.2 Å². The van der Waals surface area contributed by atoms with E-state index in [-0.39, 0.29) is 5.39 Å². The molecule has 7 nitrogen and oxygen atoms in total. The van der Waals surface area contributed by atoms with E-state index in [1.807, 2.05) is 0 Å². The molecule has 19 heavy (non-hydrogen) atoms. The van der Waals surface area contributed by atoms with E-state index in [0.717, 1.165) is 6.07 Å². The minimum Gasteiger partial charge on any atom is -0.282 e. The van der Waals surface area contributed by atoms with E-state index in [1.54, 1.807) is 16.9 Å². The molecule has 0 unspecified atom stereocenters. The SMILES string of the molecule is O=S(=O)(O)Nc1ccc2ccccc2c1S(=O)(=O)O. The van der Waals surface area contributed by atoms with Gasteiger partial charge in [-0.05, 0) is 11.5 Å². The number of benzene rings is 2. The van der Waals surface area contributed by atoms with E-state index < -0.39 is 31.0 Å². The third-order valence-electron chi connectivity index (χ3n) is 2.38. The number of nitrogens with one attached hydrogen (secondary N) is 1. The molecule has 0 saturated carbocycles. The highest BCUT2D eigenvalue weighted by Gasteiger charge is 2.21. The molecule has 9 heteroatoms. The van der Waals surface area contributed by atoms with Crippen molar-refractivity contribution in [2.24, 2.45) is 0 Å². The molecule has 3 N–H and O–H groups in total. The van der Waals surface area contributed by atoms with Gasteiger partial charge in [-0.3, -0.25) is 13.8 Å². The molecule has 0 amide bonds. The van der Waals surface area contributed by atoms with Crippen LogP contribution in [0.1, 0.15) is 0 Å². The maximum Gasteiger partial charge on any atom is 0.357 e. The van der Waals surface area contributed by atoms with E-state index in [9.17, 15) is 21.4 Å². The summed E-state index contributed by atoms with van der Waals surface area (Å²) in [5, 5.41) is 0.634. The second kappa shape index (κ2) is 4.46. The fourth-order valence-corrected chi connectivity index (χ4v) is 3.11. The Morgan fingerprint density at radius 2 is 1.53 bits per heavy atom. The van der Waals surface area contributed by atoms with Crippen molar-refractivity contribution in [2.45, 2.75) is 4.90 Å². The summed E-state index contributed by atoms with van der Waals surface area (Å²) < 4.78 is 63.9. The minimum absolute atomic E-state index is 0.138. The van der Waals surface area contributed by atoms with Crippen molar-refractivity contribution in [3.05, 3.63) is 36.4 Å². The van der Waals surface area contributed by atoms with Crippen LogP contribution in [0, 0.1) is 0 Å². The van der Waals surface area contributed by atoms with Crippen LogP contribution in [0.15, 0.2) is 41.3 Å². The lowest BCUT2D eigenvalue weighted by Gasteiger charge is -2.10. The Hall–Kier alpha value is -1.68. The van der Waals surface area contributed by atoms with Crippen LogP contribution < -0.4 is 4.72 Å². The van der Waals surface area contributed by atoms with Gasteiger partial charge in [0.1, 0.15) is 4.90 Å². The van der Waals surface area contributed by atoms with Crippen molar-refractivity contribution in [1.82, 2.24) is 0 Å². The molecule has 2 aromatic rings. The first-order chi connectivity index (χ1) is 8.68. The fraction of sp³-hybridized carbons (Fsp3) is 0. The number of hydrogen-bond donors (Lipinski definition) is 3. The Bertz CT molecular complexity index is 841. The van der Waals surface area contributed by atoms with Crippen molar-refractivity contribution >= 4 is 36.9 Å².